The van der Waals surface area contributed by atoms with Crippen LogP contribution in [0.1, 0.15) is 34.6 Å². The number of ether oxygens (including phenoxy) is 1. The average molecular weight is 244 g/mol. The van der Waals surface area contributed by atoms with Crippen molar-refractivity contribution in [3.8, 4) is 0 Å². The highest BCUT2D eigenvalue weighted by Gasteiger charge is 2.20. The van der Waals surface area contributed by atoms with Gasteiger partial charge in [-0.15, -0.1) is 0 Å². The minimum Gasteiger partial charge on any atom is -0.383 e. The van der Waals surface area contributed by atoms with Gasteiger partial charge in [0, 0.05) is 26.2 Å². The van der Waals surface area contributed by atoms with Crippen LogP contribution in [0.4, 0.5) is 0 Å². The quantitative estimate of drug-likeness (QED) is 0.638. The summed E-state index contributed by atoms with van der Waals surface area (Å²) in [5, 5.41) is 3.44. The van der Waals surface area contributed by atoms with Gasteiger partial charge < -0.3 is 10.1 Å². The van der Waals surface area contributed by atoms with E-state index in [-0.39, 0.29) is 0 Å². The summed E-state index contributed by atoms with van der Waals surface area (Å²) in [6, 6.07) is 0.603. The molecule has 0 saturated carbocycles. The number of hydrogen-bond acceptors (Lipinski definition) is 3. The Morgan fingerprint density at radius 2 is 1.82 bits per heavy atom. The molecular weight excluding hydrogens is 212 g/mol. The molecule has 0 aromatic heterocycles. The summed E-state index contributed by atoms with van der Waals surface area (Å²) < 4.78 is 5.21. The Hall–Kier alpha value is -0.120. The van der Waals surface area contributed by atoms with Gasteiger partial charge in [-0.1, -0.05) is 27.7 Å². The van der Waals surface area contributed by atoms with Crippen molar-refractivity contribution < 1.29 is 4.74 Å². The van der Waals surface area contributed by atoms with Gasteiger partial charge in [0.25, 0.3) is 0 Å². The van der Waals surface area contributed by atoms with E-state index >= 15 is 0 Å². The van der Waals surface area contributed by atoms with Gasteiger partial charge in [-0.2, -0.15) is 0 Å². The first-order valence-corrected chi connectivity index (χ1v) is 6.96. The third-order valence-corrected chi connectivity index (χ3v) is 3.30. The number of methoxy groups -OCH3 is 1. The molecule has 0 aliphatic rings. The van der Waals surface area contributed by atoms with E-state index in [1.807, 2.05) is 0 Å². The molecule has 0 bridgehead atoms. The Morgan fingerprint density at radius 3 is 2.29 bits per heavy atom. The van der Waals surface area contributed by atoms with E-state index in [0.717, 1.165) is 32.8 Å². The Balaban J connectivity index is 4.22. The van der Waals surface area contributed by atoms with Crippen LogP contribution in [0.2, 0.25) is 0 Å². The summed E-state index contributed by atoms with van der Waals surface area (Å²) in [5.74, 6) is 1.38. The predicted octanol–water partition coefficient (Wildman–Crippen LogP) is 2.22. The van der Waals surface area contributed by atoms with Crippen LogP contribution in [0.5, 0.6) is 0 Å². The molecule has 0 rings (SSSR count). The average Bonchev–Trinajstić information content (AvgIpc) is 2.29. The molecule has 0 aliphatic heterocycles. The molecule has 104 valence electrons. The van der Waals surface area contributed by atoms with Gasteiger partial charge in [0.1, 0.15) is 0 Å². The van der Waals surface area contributed by atoms with Gasteiger partial charge in [-0.3, -0.25) is 4.90 Å². The third-order valence-electron chi connectivity index (χ3n) is 3.30. The fraction of sp³-hybridized carbons (Fsp3) is 1.00. The number of nitrogens with one attached hydrogen (secondary N) is 1. The van der Waals surface area contributed by atoms with Crippen LogP contribution in [-0.4, -0.2) is 50.8 Å². The van der Waals surface area contributed by atoms with Crippen LogP contribution in [0, 0.1) is 11.8 Å². The predicted molar refractivity (Wildman–Crippen MR) is 75.5 cm³/mol. The lowest BCUT2D eigenvalue weighted by molar-refractivity contribution is 0.0942. The first kappa shape index (κ1) is 16.9. The van der Waals surface area contributed by atoms with Crippen LogP contribution < -0.4 is 5.32 Å². The smallest absolute Gasteiger partial charge is 0.0589 e. The van der Waals surface area contributed by atoms with Crippen molar-refractivity contribution in [3.63, 3.8) is 0 Å². The lowest BCUT2D eigenvalue weighted by atomic mass is 10.0. The van der Waals surface area contributed by atoms with Crippen LogP contribution >= 0.6 is 0 Å². The largest absolute Gasteiger partial charge is 0.383 e. The zero-order valence-electron chi connectivity index (χ0n) is 12.6. The lowest BCUT2D eigenvalue weighted by Crippen LogP contribution is -2.44. The normalized spacial score (nSPS) is 15.5. The summed E-state index contributed by atoms with van der Waals surface area (Å²) in [7, 11) is 1.78. The maximum Gasteiger partial charge on any atom is 0.0589 e. The van der Waals surface area contributed by atoms with Gasteiger partial charge in [0.15, 0.2) is 0 Å². The Bertz CT molecular complexity index is 174. The maximum atomic E-state index is 5.21. The monoisotopic (exact) mass is 244 g/mol. The SMILES string of the molecule is CCNCC(C)C(C)N(CCOC)CC(C)C. The van der Waals surface area contributed by atoms with E-state index in [0.29, 0.717) is 17.9 Å². The Kier molecular flexibility index (Phi) is 9.79. The summed E-state index contributed by atoms with van der Waals surface area (Å²) in [6.07, 6.45) is 0. The van der Waals surface area contributed by atoms with Crippen LogP contribution in [0.3, 0.4) is 0 Å². The van der Waals surface area contributed by atoms with Gasteiger partial charge in [-0.25, -0.2) is 0 Å². The van der Waals surface area contributed by atoms with Crippen molar-refractivity contribution in [2.45, 2.75) is 40.7 Å². The minimum atomic E-state index is 0.603. The molecule has 17 heavy (non-hydrogen) atoms. The zero-order chi connectivity index (χ0) is 13.3. The summed E-state index contributed by atoms with van der Waals surface area (Å²) in [6.45, 7) is 16.5. The van der Waals surface area contributed by atoms with E-state index in [2.05, 4.69) is 44.8 Å². The molecular formula is C14H32N2O. The third kappa shape index (κ3) is 7.74. The lowest BCUT2D eigenvalue weighted by Gasteiger charge is -2.34. The Morgan fingerprint density at radius 1 is 1.18 bits per heavy atom. The van der Waals surface area contributed by atoms with Gasteiger partial charge in [-0.05, 0) is 31.8 Å². The fourth-order valence-electron chi connectivity index (χ4n) is 2.04. The highest BCUT2D eigenvalue weighted by Crippen LogP contribution is 2.12. The summed E-state index contributed by atoms with van der Waals surface area (Å²) in [5.41, 5.74) is 0. The molecule has 0 saturated heterocycles. The number of nitrogens with zero attached hydrogens (tertiary/aromatic N) is 1. The van der Waals surface area contributed by atoms with Gasteiger partial charge >= 0.3 is 0 Å². The second kappa shape index (κ2) is 9.86. The van der Waals surface area contributed by atoms with Crippen molar-refractivity contribution in [3.05, 3.63) is 0 Å². The van der Waals surface area contributed by atoms with Crippen molar-refractivity contribution in [2.24, 2.45) is 11.8 Å². The van der Waals surface area contributed by atoms with E-state index in [9.17, 15) is 0 Å². The molecule has 0 amide bonds. The molecule has 2 unspecified atom stereocenters. The maximum absolute atomic E-state index is 5.21. The topological polar surface area (TPSA) is 24.5 Å². The molecule has 3 nitrogen and oxygen atoms in total. The molecule has 0 aliphatic carbocycles. The highest BCUT2D eigenvalue weighted by atomic mass is 16.5. The van der Waals surface area contributed by atoms with Crippen LogP contribution in [-0.2, 0) is 4.74 Å². The molecule has 0 spiro atoms. The number of rotatable bonds is 10. The molecule has 2 atom stereocenters. The summed E-state index contributed by atoms with van der Waals surface area (Å²) >= 11 is 0. The molecule has 0 aromatic carbocycles. The molecule has 1 N–H and O–H groups in total. The summed E-state index contributed by atoms with van der Waals surface area (Å²) in [4.78, 5) is 2.55. The van der Waals surface area contributed by atoms with E-state index in [1.54, 1.807) is 7.11 Å². The number of hydrogen-bond donors (Lipinski definition) is 1. The molecule has 3 heteroatoms. The second-order valence-electron chi connectivity index (χ2n) is 5.41. The van der Waals surface area contributed by atoms with Crippen molar-refractivity contribution in [2.75, 3.05) is 39.9 Å². The van der Waals surface area contributed by atoms with Crippen molar-refractivity contribution >= 4 is 0 Å². The standard InChI is InChI=1S/C14H32N2O/c1-7-15-10-13(4)14(5)16(8-9-17-6)11-12(2)3/h12-15H,7-11H2,1-6H3. The van der Waals surface area contributed by atoms with E-state index in [4.69, 9.17) is 4.74 Å². The fourth-order valence-corrected chi connectivity index (χ4v) is 2.04. The van der Waals surface area contributed by atoms with Gasteiger partial charge in [0.05, 0.1) is 6.61 Å². The van der Waals surface area contributed by atoms with E-state index in [1.165, 1.54) is 0 Å². The van der Waals surface area contributed by atoms with Crippen LogP contribution in [0.15, 0.2) is 0 Å². The second-order valence-corrected chi connectivity index (χ2v) is 5.41. The van der Waals surface area contributed by atoms with Crippen molar-refractivity contribution in [1.29, 1.82) is 0 Å². The first-order valence-electron chi connectivity index (χ1n) is 6.96. The minimum absolute atomic E-state index is 0.603. The molecule has 0 aromatic rings. The first-order chi connectivity index (χ1) is 8.02. The molecule has 0 radical (unpaired) electrons. The van der Waals surface area contributed by atoms with E-state index < -0.39 is 0 Å². The van der Waals surface area contributed by atoms with Crippen LogP contribution in [0.25, 0.3) is 0 Å². The van der Waals surface area contributed by atoms with Crippen molar-refractivity contribution in [1.82, 2.24) is 10.2 Å². The highest BCUT2D eigenvalue weighted by molar-refractivity contribution is 4.75. The van der Waals surface area contributed by atoms with Gasteiger partial charge in [0.2, 0.25) is 0 Å². The molecule has 0 fully saturated rings. The Labute approximate surface area is 108 Å². The zero-order valence-corrected chi connectivity index (χ0v) is 12.6. The molecule has 0 heterocycles.